The van der Waals surface area contributed by atoms with Crippen molar-refractivity contribution < 1.29 is 28.1 Å². The summed E-state index contributed by atoms with van der Waals surface area (Å²) in [6.07, 6.45) is 17.5. The number of primary amides is 1. The molecule has 0 aromatic heterocycles. The third-order valence-corrected chi connectivity index (χ3v) is 6.50. The summed E-state index contributed by atoms with van der Waals surface area (Å²) in [6, 6.07) is -0.868. The first-order valence-corrected chi connectivity index (χ1v) is 14.2. The zero-order valence-corrected chi connectivity index (χ0v) is 21.5. The van der Waals surface area contributed by atoms with Gasteiger partial charge >= 0.3 is 7.82 Å². The maximum Gasteiger partial charge on any atom is 0.472 e. The molecule has 0 spiro atoms. The highest BCUT2D eigenvalue weighted by Crippen LogP contribution is 2.43. The summed E-state index contributed by atoms with van der Waals surface area (Å²) in [6.45, 7) is 2.32. The smallest absolute Gasteiger partial charge is 0.368 e. The fourth-order valence-corrected chi connectivity index (χ4v) is 4.14. The Morgan fingerprint density at radius 2 is 1.30 bits per heavy atom. The Labute approximate surface area is 200 Å². The second-order valence-corrected chi connectivity index (χ2v) is 10.1. The van der Waals surface area contributed by atoms with Crippen LogP contribution < -0.4 is 16.8 Å². The van der Waals surface area contributed by atoms with Crippen LogP contribution in [0.3, 0.4) is 0 Å². The van der Waals surface area contributed by atoms with Crippen LogP contribution in [-0.2, 0) is 23.2 Å². The van der Waals surface area contributed by atoms with E-state index in [1.807, 2.05) is 0 Å². The molecule has 0 aliphatic rings. The number of nitrogens with one attached hydrogen (secondary N) is 1. The molecule has 0 radical (unpaired) electrons. The van der Waals surface area contributed by atoms with Crippen LogP contribution in [-0.4, -0.2) is 42.5 Å². The quantitative estimate of drug-likeness (QED) is 0.115. The molecule has 0 aromatic carbocycles. The average molecular weight is 494 g/mol. The SMILES string of the molecule is CCCCCCCCCCCCCCCCOP(=O)(O)OCCNC(=O)CC[C@@H](N)C(N)=O. The molecule has 10 heteroatoms. The van der Waals surface area contributed by atoms with Crippen molar-refractivity contribution in [1.82, 2.24) is 5.32 Å². The molecule has 0 aliphatic heterocycles. The molecular weight excluding hydrogens is 445 g/mol. The topological polar surface area (TPSA) is 154 Å². The molecule has 33 heavy (non-hydrogen) atoms. The maximum absolute atomic E-state index is 11.8. The van der Waals surface area contributed by atoms with Crippen LogP contribution in [0, 0.1) is 0 Å². The lowest BCUT2D eigenvalue weighted by molar-refractivity contribution is -0.122. The van der Waals surface area contributed by atoms with Crippen LogP contribution in [0.1, 0.15) is 110 Å². The number of amides is 2. The first-order valence-electron chi connectivity index (χ1n) is 12.7. The van der Waals surface area contributed by atoms with Crippen molar-refractivity contribution in [2.45, 2.75) is 116 Å². The molecule has 6 N–H and O–H groups in total. The summed E-state index contributed by atoms with van der Waals surface area (Å²) in [7, 11) is -4.12. The van der Waals surface area contributed by atoms with Gasteiger partial charge in [0.2, 0.25) is 11.8 Å². The maximum atomic E-state index is 11.8. The minimum atomic E-state index is -4.12. The Morgan fingerprint density at radius 3 is 1.79 bits per heavy atom. The van der Waals surface area contributed by atoms with E-state index >= 15 is 0 Å². The van der Waals surface area contributed by atoms with Gasteiger partial charge in [-0.3, -0.25) is 18.6 Å². The van der Waals surface area contributed by atoms with Crippen LogP contribution in [0.25, 0.3) is 0 Å². The van der Waals surface area contributed by atoms with Crippen LogP contribution in [0.15, 0.2) is 0 Å². The first-order chi connectivity index (χ1) is 15.8. The van der Waals surface area contributed by atoms with E-state index in [0.29, 0.717) is 6.42 Å². The Hall–Kier alpha value is -0.990. The third-order valence-electron chi connectivity index (χ3n) is 5.48. The summed E-state index contributed by atoms with van der Waals surface area (Å²) < 4.78 is 21.6. The summed E-state index contributed by atoms with van der Waals surface area (Å²) >= 11 is 0. The van der Waals surface area contributed by atoms with E-state index in [-0.39, 0.29) is 38.5 Å². The highest BCUT2D eigenvalue weighted by atomic mass is 31.2. The summed E-state index contributed by atoms with van der Waals surface area (Å²) in [4.78, 5) is 32.0. The third kappa shape index (κ3) is 22.6. The predicted molar refractivity (Wildman–Crippen MR) is 131 cm³/mol. The van der Waals surface area contributed by atoms with E-state index in [1.54, 1.807) is 0 Å². The normalized spacial score (nSPS) is 14.0. The number of phosphoric acid groups is 1. The van der Waals surface area contributed by atoms with Crippen LogP contribution in [0.5, 0.6) is 0 Å². The number of hydrogen-bond donors (Lipinski definition) is 4. The largest absolute Gasteiger partial charge is 0.472 e. The zero-order chi connectivity index (χ0) is 24.8. The Bertz CT molecular complexity index is 550. The minimum Gasteiger partial charge on any atom is -0.368 e. The minimum absolute atomic E-state index is 0.0382. The molecule has 0 saturated carbocycles. The lowest BCUT2D eigenvalue weighted by atomic mass is 10.0. The molecule has 2 atom stereocenters. The Morgan fingerprint density at radius 1 is 0.848 bits per heavy atom. The van der Waals surface area contributed by atoms with Gasteiger partial charge < -0.3 is 21.7 Å². The molecule has 0 rings (SSSR count). The van der Waals surface area contributed by atoms with Crippen LogP contribution in [0.2, 0.25) is 0 Å². The van der Waals surface area contributed by atoms with Crippen molar-refractivity contribution in [2.24, 2.45) is 11.5 Å². The second-order valence-electron chi connectivity index (χ2n) is 8.63. The molecule has 2 amide bonds. The zero-order valence-electron chi connectivity index (χ0n) is 20.6. The van der Waals surface area contributed by atoms with E-state index in [2.05, 4.69) is 12.2 Å². The summed E-state index contributed by atoms with van der Waals surface area (Å²) in [5, 5.41) is 2.51. The molecule has 0 aromatic rings. The van der Waals surface area contributed by atoms with Gasteiger partial charge in [0.25, 0.3) is 0 Å². The molecule has 196 valence electrons. The Balaban J connectivity index is 3.47. The van der Waals surface area contributed by atoms with Crippen molar-refractivity contribution in [3.05, 3.63) is 0 Å². The standard InChI is InChI=1S/C23H48N3O6P/c1-2-3-4-5-6-7-8-9-10-11-12-13-14-15-19-31-33(29,30)32-20-18-26-22(27)17-16-21(24)23(25)28/h21H,2-20,24H2,1H3,(H2,25,28)(H,26,27)(H,29,30)/t21-/m1/s1. The van der Waals surface area contributed by atoms with Gasteiger partial charge in [0.1, 0.15) is 0 Å². The molecule has 0 bridgehead atoms. The number of rotatable bonds is 24. The number of carbonyl (C=O) groups is 2. The molecule has 0 heterocycles. The summed E-state index contributed by atoms with van der Waals surface area (Å²) in [5.74, 6) is -1.00. The Kier molecular flexibility index (Phi) is 20.9. The lowest BCUT2D eigenvalue weighted by Crippen LogP contribution is -2.37. The van der Waals surface area contributed by atoms with Crippen LogP contribution in [0.4, 0.5) is 0 Å². The van der Waals surface area contributed by atoms with Gasteiger partial charge in [-0.05, 0) is 12.8 Å². The van der Waals surface area contributed by atoms with E-state index in [4.69, 9.17) is 20.5 Å². The second kappa shape index (κ2) is 21.5. The van der Waals surface area contributed by atoms with Crippen molar-refractivity contribution in [3.8, 4) is 0 Å². The highest BCUT2D eigenvalue weighted by molar-refractivity contribution is 7.47. The molecule has 1 unspecified atom stereocenters. The first kappa shape index (κ1) is 32.0. The fourth-order valence-electron chi connectivity index (χ4n) is 3.38. The summed E-state index contributed by atoms with van der Waals surface area (Å²) in [5.41, 5.74) is 10.5. The van der Waals surface area contributed by atoms with Crippen molar-refractivity contribution in [2.75, 3.05) is 19.8 Å². The van der Waals surface area contributed by atoms with Gasteiger partial charge in [0.15, 0.2) is 0 Å². The van der Waals surface area contributed by atoms with Crippen molar-refractivity contribution in [3.63, 3.8) is 0 Å². The van der Waals surface area contributed by atoms with Crippen molar-refractivity contribution in [1.29, 1.82) is 0 Å². The van der Waals surface area contributed by atoms with Gasteiger partial charge in [-0.25, -0.2) is 4.57 Å². The predicted octanol–water partition coefficient (Wildman–Crippen LogP) is 4.31. The fraction of sp³-hybridized carbons (Fsp3) is 0.913. The van der Waals surface area contributed by atoms with E-state index in [1.165, 1.54) is 70.6 Å². The van der Waals surface area contributed by atoms with Gasteiger partial charge in [-0.15, -0.1) is 0 Å². The monoisotopic (exact) mass is 493 g/mol. The van der Waals surface area contributed by atoms with Crippen molar-refractivity contribution >= 4 is 19.6 Å². The number of unbranched alkanes of at least 4 members (excludes halogenated alkanes) is 13. The molecule has 0 saturated heterocycles. The molecule has 0 fully saturated rings. The van der Waals surface area contributed by atoms with Gasteiger partial charge in [-0.2, -0.15) is 0 Å². The van der Waals surface area contributed by atoms with E-state index < -0.39 is 19.8 Å². The lowest BCUT2D eigenvalue weighted by Gasteiger charge is -2.13. The van der Waals surface area contributed by atoms with E-state index in [9.17, 15) is 19.0 Å². The van der Waals surface area contributed by atoms with Gasteiger partial charge in [0.05, 0.1) is 19.3 Å². The molecule has 0 aliphatic carbocycles. The van der Waals surface area contributed by atoms with Crippen LogP contribution >= 0.6 is 7.82 Å². The molecule has 9 nitrogen and oxygen atoms in total. The van der Waals surface area contributed by atoms with E-state index in [0.717, 1.165) is 12.8 Å². The number of nitrogens with two attached hydrogens (primary N) is 2. The molecular formula is C23H48N3O6P. The number of carbonyl (C=O) groups excluding carboxylic acids is 2. The van der Waals surface area contributed by atoms with Gasteiger partial charge in [-0.1, -0.05) is 90.4 Å². The highest BCUT2D eigenvalue weighted by Gasteiger charge is 2.20. The average Bonchev–Trinajstić information content (AvgIpc) is 2.77. The van der Waals surface area contributed by atoms with Gasteiger partial charge in [0, 0.05) is 13.0 Å². The number of phosphoric ester groups is 1. The number of hydrogen-bond acceptors (Lipinski definition) is 6.